The average molecular weight is 349 g/mol. The highest BCUT2D eigenvalue weighted by atomic mass is 15.4. The average Bonchev–Trinajstić information content (AvgIpc) is 3.18. The van der Waals surface area contributed by atoms with Crippen LogP contribution in [0.25, 0.3) is 11.4 Å². The van der Waals surface area contributed by atoms with Gasteiger partial charge in [-0.2, -0.15) is 0 Å². The molecule has 1 aliphatic rings. The second-order valence-corrected chi connectivity index (χ2v) is 6.88. The van der Waals surface area contributed by atoms with E-state index < -0.39 is 0 Å². The summed E-state index contributed by atoms with van der Waals surface area (Å²) in [5.74, 6) is 2.44. The van der Waals surface area contributed by atoms with Crippen molar-refractivity contribution in [1.29, 1.82) is 0 Å². The number of rotatable bonds is 4. The van der Waals surface area contributed by atoms with Crippen LogP contribution in [-0.4, -0.2) is 43.0 Å². The van der Waals surface area contributed by atoms with Crippen LogP contribution in [0.1, 0.15) is 24.1 Å². The molecule has 0 unspecified atom stereocenters. The van der Waals surface area contributed by atoms with Gasteiger partial charge >= 0.3 is 0 Å². The summed E-state index contributed by atoms with van der Waals surface area (Å²) in [6, 6.07) is 3.93. The molecule has 134 valence electrons. The summed E-state index contributed by atoms with van der Waals surface area (Å²) in [5.41, 5.74) is 3.14. The smallest absolute Gasteiger partial charge is 0.163 e. The lowest BCUT2D eigenvalue weighted by Gasteiger charge is -2.33. The molecular weight excluding hydrogens is 326 g/mol. The maximum Gasteiger partial charge on any atom is 0.163 e. The molecule has 0 N–H and O–H groups in total. The topological polar surface area (TPSA) is 72.6 Å². The molecule has 7 heteroatoms. The number of aromatic nitrogens is 6. The van der Waals surface area contributed by atoms with Gasteiger partial charge in [0.05, 0.1) is 6.20 Å². The first-order chi connectivity index (χ1) is 12.7. The van der Waals surface area contributed by atoms with Crippen LogP contribution in [0.3, 0.4) is 0 Å². The van der Waals surface area contributed by atoms with Gasteiger partial charge in [-0.05, 0) is 44.7 Å². The Morgan fingerprint density at radius 3 is 2.65 bits per heavy atom. The Morgan fingerprint density at radius 1 is 1.12 bits per heavy atom. The van der Waals surface area contributed by atoms with Crippen molar-refractivity contribution < 1.29 is 0 Å². The van der Waals surface area contributed by atoms with Crippen molar-refractivity contribution in [2.75, 3.05) is 18.0 Å². The van der Waals surface area contributed by atoms with E-state index in [0.717, 1.165) is 60.9 Å². The van der Waals surface area contributed by atoms with Crippen LogP contribution in [0.5, 0.6) is 0 Å². The third kappa shape index (κ3) is 3.42. The van der Waals surface area contributed by atoms with Crippen LogP contribution in [-0.2, 0) is 6.54 Å². The maximum absolute atomic E-state index is 4.88. The van der Waals surface area contributed by atoms with E-state index in [4.69, 9.17) is 4.98 Å². The molecule has 0 spiro atoms. The first-order valence-electron chi connectivity index (χ1n) is 9.05. The van der Waals surface area contributed by atoms with Gasteiger partial charge in [0.1, 0.15) is 5.82 Å². The van der Waals surface area contributed by atoms with E-state index in [2.05, 4.69) is 39.0 Å². The predicted molar refractivity (Wildman–Crippen MR) is 99.7 cm³/mol. The van der Waals surface area contributed by atoms with Gasteiger partial charge in [-0.1, -0.05) is 5.21 Å². The van der Waals surface area contributed by atoms with Crippen molar-refractivity contribution in [3.63, 3.8) is 0 Å². The molecule has 4 rings (SSSR count). The zero-order chi connectivity index (χ0) is 17.9. The Kier molecular flexibility index (Phi) is 4.60. The number of hydrogen-bond acceptors (Lipinski definition) is 6. The molecular formula is C19H23N7. The third-order valence-electron chi connectivity index (χ3n) is 5.11. The number of piperidine rings is 1. The van der Waals surface area contributed by atoms with Gasteiger partial charge in [0.2, 0.25) is 0 Å². The van der Waals surface area contributed by atoms with Crippen molar-refractivity contribution in [1.82, 2.24) is 29.9 Å². The largest absolute Gasteiger partial charge is 0.356 e. The molecule has 0 bridgehead atoms. The minimum absolute atomic E-state index is 0.633. The van der Waals surface area contributed by atoms with Crippen molar-refractivity contribution in [2.24, 2.45) is 5.92 Å². The first-order valence-corrected chi connectivity index (χ1v) is 9.05. The van der Waals surface area contributed by atoms with Crippen LogP contribution < -0.4 is 4.90 Å². The molecule has 26 heavy (non-hydrogen) atoms. The van der Waals surface area contributed by atoms with Crippen LogP contribution >= 0.6 is 0 Å². The number of aryl methyl sites for hydroxylation is 1. The second-order valence-electron chi connectivity index (χ2n) is 6.88. The van der Waals surface area contributed by atoms with Crippen molar-refractivity contribution in [3.8, 4) is 11.4 Å². The lowest BCUT2D eigenvalue weighted by atomic mass is 9.96. The van der Waals surface area contributed by atoms with Crippen LogP contribution in [0, 0.1) is 19.8 Å². The minimum Gasteiger partial charge on any atom is -0.356 e. The van der Waals surface area contributed by atoms with E-state index in [1.165, 1.54) is 0 Å². The number of hydrogen-bond donors (Lipinski definition) is 0. The first kappa shape index (κ1) is 16.6. The lowest BCUT2D eigenvalue weighted by Crippen LogP contribution is -2.36. The number of anilines is 1. The highest BCUT2D eigenvalue weighted by Gasteiger charge is 2.23. The Labute approximate surface area is 153 Å². The van der Waals surface area contributed by atoms with E-state index in [1.54, 1.807) is 12.4 Å². The summed E-state index contributed by atoms with van der Waals surface area (Å²) >= 11 is 0. The van der Waals surface area contributed by atoms with Crippen molar-refractivity contribution in [2.45, 2.75) is 33.2 Å². The standard InChI is InChI=1S/C19H23N7/c1-14-15(2)22-18(17-4-3-7-20-12-17)23-19(14)25-9-5-16(6-10-25)13-26-11-8-21-24-26/h3-4,7-8,11-12,16H,5-6,9-10,13H2,1-2H3. The van der Waals surface area contributed by atoms with E-state index in [-0.39, 0.29) is 0 Å². The van der Waals surface area contributed by atoms with Gasteiger partial charge in [-0.3, -0.25) is 9.67 Å². The van der Waals surface area contributed by atoms with E-state index >= 15 is 0 Å². The lowest BCUT2D eigenvalue weighted by molar-refractivity contribution is 0.338. The summed E-state index contributed by atoms with van der Waals surface area (Å²) < 4.78 is 1.93. The molecule has 3 aromatic heterocycles. The molecule has 3 aromatic rings. The SMILES string of the molecule is Cc1nc(-c2cccnc2)nc(N2CCC(Cn3ccnn3)CC2)c1C. The van der Waals surface area contributed by atoms with Gasteiger partial charge in [0.25, 0.3) is 0 Å². The minimum atomic E-state index is 0.633. The van der Waals surface area contributed by atoms with Crippen molar-refractivity contribution in [3.05, 3.63) is 48.2 Å². The molecule has 1 fully saturated rings. The van der Waals surface area contributed by atoms with Crippen LogP contribution in [0.4, 0.5) is 5.82 Å². The monoisotopic (exact) mass is 349 g/mol. The molecule has 1 saturated heterocycles. The molecule has 0 atom stereocenters. The van der Waals surface area contributed by atoms with Gasteiger partial charge < -0.3 is 4.90 Å². The van der Waals surface area contributed by atoms with E-state index in [1.807, 2.05) is 29.2 Å². The molecule has 4 heterocycles. The highest BCUT2D eigenvalue weighted by Crippen LogP contribution is 2.28. The van der Waals surface area contributed by atoms with Gasteiger partial charge in [0.15, 0.2) is 5.82 Å². The summed E-state index contributed by atoms with van der Waals surface area (Å²) in [5, 5.41) is 7.98. The zero-order valence-corrected chi connectivity index (χ0v) is 15.2. The number of nitrogens with zero attached hydrogens (tertiary/aromatic N) is 7. The fraction of sp³-hybridized carbons (Fsp3) is 0.421. The predicted octanol–water partition coefficient (Wildman–Crippen LogP) is 2.66. The van der Waals surface area contributed by atoms with Crippen LogP contribution in [0.15, 0.2) is 36.9 Å². The Bertz CT molecular complexity index is 853. The van der Waals surface area contributed by atoms with E-state index in [0.29, 0.717) is 5.92 Å². The maximum atomic E-state index is 4.88. The molecule has 7 nitrogen and oxygen atoms in total. The van der Waals surface area contributed by atoms with Crippen LogP contribution in [0.2, 0.25) is 0 Å². The normalized spacial score (nSPS) is 15.4. The van der Waals surface area contributed by atoms with Gasteiger partial charge in [0, 0.05) is 55.0 Å². The Morgan fingerprint density at radius 2 is 1.96 bits per heavy atom. The second kappa shape index (κ2) is 7.19. The van der Waals surface area contributed by atoms with Crippen molar-refractivity contribution >= 4 is 5.82 Å². The molecule has 1 aliphatic heterocycles. The molecule has 0 saturated carbocycles. The third-order valence-corrected chi connectivity index (χ3v) is 5.11. The summed E-state index contributed by atoms with van der Waals surface area (Å²) in [4.78, 5) is 16.1. The fourth-order valence-corrected chi connectivity index (χ4v) is 3.47. The Balaban J connectivity index is 1.52. The quantitative estimate of drug-likeness (QED) is 0.721. The van der Waals surface area contributed by atoms with E-state index in [9.17, 15) is 0 Å². The summed E-state index contributed by atoms with van der Waals surface area (Å²) in [6.07, 6.45) is 9.52. The molecule has 0 radical (unpaired) electrons. The zero-order valence-electron chi connectivity index (χ0n) is 15.2. The fourth-order valence-electron chi connectivity index (χ4n) is 3.47. The van der Waals surface area contributed by atoms with Gasteiger partial charge in [-0.15, -0.1) is 5.10 Å². The Hall–Kier alpha value is -2.83. The summed E-state index contributed by atoms with van der Waals surface area (Å²) in [7, 11) is 0. The van der Waals surface area contributed by atoms with Gasteiger partial charge in [-0.25, -0.2) is 9.97 Å². The number of pyridine rings is 1. The highest BCUT2D eigenvalue weighted by molar-refractivity contribution is 5.59. The molecule has 0 aliphatic carbocycles. The molecule has 0 amide bonds. The summed E-state index contributed by atoms with van der Waals surface area (Å²) in [6.45, 7) is 7.11. The molecule has 0 aromatic carbocycles.